The van der Waals surface area contributed by atoms with Crippen LogP contribution in [0, 0.1) is 0 Å². The molecular weight excluding hydrogens is 274 g/mol. The van der Waals surface area contributed by atoms with E-state index in [0.717, 1.165) is 19.5 Å². The molecule has 3 N–H and O–H groups in total. The van der Waals surface area contributed by atoms with Gasteiger partial charge in [-0.2, -0.15) is 0 Å². The molecule has 0 bridgehead atoms. The second-order valence-electron chi connectivity index (χ2n) is 5.70. The summed E-state index contributed by atoms with van der Waals surface area (Å²) < 4.78 is 0. The zero-order valence-electron chi connectivity index (χ0n) is 11.4. The molecule has 2 atom stereocenters. The second-order valence-corrected chi connectivity index (χ2v) is 6.14. The molecule has 1 aromatic carbocycles. The van der Waals surface area contributed by atoms with E-state index in [2.05, 4.69) is 10.2 Å². The molecule has 2 saturated heterocycles. The number of anilines is 1. The van der Waals surface area contributed by atoms with E-state index >= 15 is 0 Å². The molecule has 4 nitrogen and oxygen atoms in total. The summed E-state index contributed by atoms with van der Waals surface area (Å²) in [5.41, 5.74) is 6.82. The molecule has 0 aromatic heterocycles. The topological polar surface area (TPSA) is 58.4 Å². The lowest BCUT2D eigenvalue weighted by Gasteiger charge is -2.32. The number of carbonyl (C=O) groups is 1. The molecule has 1 amide bonds. The normalized spacial score (nSPS) is 26.2. The third-order valence-electron chi connectivity index (χ3n) is 4.43. The molecule has 2 heterocycles. The average Bonchev–Trinajstić information content (AvgIpc) is 2.85. The van der Waals surface area contributed by atoms with Gasteiger partial charge in [-0.15, -0.1) is 0 Å². The predicted molar refractivity (Wildman–Crippen MR) is 80.9 cm³/mol. The van der Waals surface area contributed by atoms with E-state index in [0.29, 0.717) is 22.3 Å². The summed E-state index contributed by atoms with van der Waals surface area (Å²) >= 11 is 5.94. The van der Waals surface area contributed by atoms with Crippen molar-refractivity contribution in [1.82, 2.24) is 10.2 Å². The molecule has 5 heteroatoms. The molecule has 0 aliphatic carbocycles. The van der Waals surface area contributed by atoms with Crippen LogP contribution < -0.4 is 11.1 Å². The quantitative estimate of drug-likeness (QED) is 0.823. The average molecular weight is 294 g/mol. The van der Waals surface area contributed by atoms with Gasteiger partial charge in [0.15, 0.2) is 0 Å². The molecule has 2 unspecified atom stereocenters. The van der Waals surface area contributed by atoms with Crippen LogP contribution in [0.4, 0.5) is 5.69 Å². The number of nitrogen functional groups attached to an aromatic ring is 1. The Morgan fingerprint density at radius 1 is 1.30 bits per heavy atom. The van der Waals surface area contributed by atoms with Crippen molar-refractivity contribution in [3.8, 4) is 0 Å². The Labute approximate surface area is 124 Å². The molecule has 0 spiro atoms. The van der Waals surface area contributed by atoms with Crippen molar-refractivity contribution in [3.05, 3.63) is 28.8 Å². The number of nitrogens with zero attached hydrogens (tertiary/aromatic N) is 1. The Hall–Kier alpha value is -1.26. The van der Waals surface area contributed by atoms with Crippen LogP contribution in [0.25, 0.3) is 0 Å². The van der Waals surface area contributed by atoms with E-state index in [9.17, 15) is 4.79 Å². The molecule has 1 aromatic rings. The molecule has 0 saturated carbocycles. The smallest absolute Gasteiger partial charge is 0.253 e. The maximum absolute atomic E-state index is 12.4. The maximum atomic E-state index is 12.4. The van der Waals surface area contributed by atoms with Gasteiger partial charge >= 0.3 is 0 Å². The van der Waals surface area contributed by atoms with Gasteiger partial charge in [-0.25, -0.2) is 0 Å². The van der Waals surface area contributed by atoms with Gasteiger partial charge in [0.1, 0.15) is 0 Å². The fourth-order valence-electron chi connectivity index (χ4n) is 3.39. The summed E-state index contributed by atoms with van der Waals surface area (Å²) in [5.74, 6) is -0.109. The lowest BCUT2D eigenvalue weighted by atomic mass is 9.98. The van der Waals surface area contributed by atoms with Gasteiger partial charge in [0.25, 0.3) is 5.91 Å². The molecule has 108 valence electrons. The first-order valence-electron chi connectivity index (χ1n) is 7.25. The number of nitrogens with one attached hydrogen (secondary N) is 1. The van der Waals surface area contributed by atoms with Crippen LogP contribution >= 0.6 is 11.6 Å². The summed E-state index contributed by atoms with van der Waals surface area (Å²) in [5, 5.41) is 3.68. The van der Waals surface area contributed by atoms with E-state index in [-0.39, 0.29) is 11.9 Å². The van der Waals surface area contributed by atoms with Gasteiger partial charge in [-0.05, 0) is 44.0 Å². The van der Waals surface area contributed by atoms with E-state index in [1.165, 1.54) is 19.3 Å². The molecular formula is C15H20ClN3O. The highest BCUT2D eigenvalue weighted by Gasteiger charge is 2.36. The number of amides is 1. The Morgan fingerprint density at radius 3 is 3.00 bits per heavy atom. The first-order valence-corrected chi connectivity index (χ1v) is 7.63. The lowest BCUT2D eigenvalue weighted by Crippen LogP contribution is -2.46. The van der Waals surface area contributed by atoms with Crippen molar-refractivity contribution in [1.29, 1.82) is 0 Å². The standard InChI is InChI=1S/C15H20ClN3O/c16-10-4-5-12(17)11(9-10)15(20)18-13-6-8-19-7-2-1-3-14(13)19/h4-5,9,13-14H,1-3,6-8,17H2,(H,18,20). The second kappa shape index (κ2) is 5.62. The Balaban J connectivity index is 1.71. The van der Waals surface area contributed by atoms with Crippen molar-refractivity contribution in [2.75, 3.05) is 18.8 Å². The van der Waals surface area contributed by atoms with Gasteiger partial charge in [-0.3, -0.25) is 9.69 Å². The first kappa shape index (κ1) is 13.7. The summed E-state index contributed by atoms with van der Waals surface area (Å²) in [6.45, 7) is 2.25. The Kier molecular flexibility index (Phi) is 3.85. The zero-order valence-corrected chi connectivity index (χ0v) is 12.2. The van der Waals surface area contributed by atoms with Crippen molar-refractivity contribution in [2.45, 2.75) is 37.8 Å². The Morgan fingerprint density at radius 2 is 2.15 bits per heavy atom. The number of hydrogen-bond acceptors (Lipinski definition) is 3. The monoisotopic (exact) mass is 293 g/mol. The molecule has 0 radical (unpaired) electrons. The largest absolute Gasteiger partial charge is 0.398 e. The maximum Gasteiger partial charge on any atom is 0.253 e. The molecule has 3 rings (SSSR count). The number of rotatable bonds is 2. The SMILES string of the molecule is Nc1ccc(Cl)cc1C(=O)NC1CCN2CCCCC12. The number of carbonyl (C=O) groups excluding carboxylic acids is 1. The fourth-order valence-corrected chi connectivity index (χ4v) is 3.56. The van der Waals surface area contributed by atoms with Crippen molar-refractivity contribution < 1.29 is 4.79 Å². The number of halogens is 1. The zero-order chi connectivity index (χ0) is 14.1. The van der Waals surface area contributed by atoms with Crippen LogP contribution in [-0.2, 0) is 0 Å². The lowest BCUT2D eigenvalue weighted by molar-refractivity contribution is 0.0916. The third kappa shape index (κ3) is 2.63. The number of benzene rings is 1. The van der Waals surface area contributed by atoms with Crippen molar-refractivity contribution in [2.24, 2.45) is 0 Å². The predicted octanol–water partition coefficient (Wildman–Crippen LogP) is 2.28. The minimum atomic E-state index is -0.109. The highest BCUT2D eigenvalue weighted by atomic mass is 35.5. The molecule has 2 aliphatic heterocycles. The van der Waals surface area contributed by atoms with Crippen LogP contribution in [0.1, 0.15) is 36.0 Å². The van der Waals surface area contributed by atoms with Gasteiger partial charge < -0.3 is 11.1 Å². The van der Waals surface area contributed by atoms with Crippen LogP contribution in [0.3, 0.4) is 0 Å². The van der Waals surface area contributed by atoms with E-state index in [1.54, 1.807) is 18.2 Å². The van der Waals surface area contributed by atoms with Gasteiger partial charge in [0.05, 0.1) is 5.56 Å². The van der Waals surface area contributed by atoms with E-state index < -0.39 is 0 Å². The summed E-state index contributed by atoms with van der Waals surface area (Å²) in [6.07, 6.45) is 4.73. The molecule has 2 fully saturated rings. The number of hydrogen-bond donors (Lipinski definition) is 2. The number of piperidine rings is 1. The van der Waals surface area contributed by atoms with Gasteiger partial charge in [0, 0.05) is 29.3 Å². The minimum absolute atomic E-state index is 0.109. The molecule has 2 aliphatic rings. The first-order chi connectivity index (χ1) is 9.65. The fraction of sp³-hybridized carbons (Fsp3) is 0.533. The van der Waals surface area contributed by atoms with E-state index in [1.807, 2.05) is 0 Å². The van der Waals surface area contributed by atoms with Gasteiger partial charge in [-0.1, -0.05) is 18.0 Å². The van der Waals surface area contributed by atoms with Crippen LogP contribution in [-0.4, -0.2) is 36.0 Å². The van der Waals surface area contributed by atoms with Crippen LogP contribution in [0.15, 0.2) is 18.2 Å². The van der Waals surface area contributed by atoms with E-state index in [4.69, 9.17) is 17.3 Å². The van der Waals surface area contributed by atoms with Crippen molar-refractivity contribution >= 4 is 23.2 Å². The van der Waals surface area contributed by atoms with Crippen LogP contribution in [0.5, 0.6) is 0 Å². The number of nitrogens with two attached hydrogens (primary N) is 1. The highest BCUT2D eigenvalue weighted by molar-refractivity contribution is 6.31. The van der Waals surface area contributed by atoms with Crippen molar-refractivity contribution in [3.63, 3.8) is 0 Å². The molecule has 20 heavy (non-hydrogen) atoms. The van der Waals surface area contributed by atoms with Crippen LogP contribution in [0.2, 0.25) is 5.02 Å². The third-order valence-corrected chi connectivity index (χ3v) is 4.67. The number of fused-ring (bicyclic) bond motifs is 1. The van der Waals surface area contributed by atoms with Gasteiger partial charge in [0.2, 0.25) is 0 Å². The summed E-state index contributed by atoms with van der Waals surface area (Å²) in [6, 6.07) is 5.75. The summed E-state index contributed by atoms with van der Waals surface area (Å²) in [7, 11) is 0. The highest BCUT2D eigenvalue weighted by Crippen LogP contribution is 2.27. The Bertz CT molecular complexity index is 520. The summed E-state index contributed by atoms with van der Waals surface area (Å²) in [4.78, 5) is 14.9. The minimum Gasteiger partial charge on any atom is -0.398 e.